The quantitative estimate of drug-likeness (QED) is 0.277. The molecule has 8 heteroatoms. The number of hydrogen-bond donors (Lipinski definition) is 0. The number of nitrogens with zero attached hydrogens (tertiary/aromatic N) is 3. The zero-order chi connectivity index (χ0) is 20.0. The molecule has 4 aliphatic rings. The first kappa shape index (κ1) is 21.3. The van der Waals surface area contributed by atoms with Gasteiger partial charge in [0.2, 0.25) is 0 Å². The van der Waals surface area contributed by atoms with Crippen LogP contribution in [0.1, 0.15) is 55.2 Å². The van der Waals surface area contributed by atoms with Crippen molar-refractivity contribution in [3.8, 4) is 0 Å². The summed E-state index contributed by atoms with van der Waals surface area (Å²) in [5.74, 6) is 1.22. The van der Waals surface area contributed by atoms with Crippen LogP contribution in [0.25, 0.3) is 0 Å². The van der Waals surface area contributed by atoms with Gasteiger partial charge in [0.05, 0.1) is 0 Å². The molecule has 1 aromatic rings. The number of halogens is 3. The number of rotatable bonds is 4. The standard InChI is InChI=1S/C21H28I3N3O2/c22-24(23)26-10-8-25(9-11-26)17-4-5-18-16-6-7-27(20(12-16)19(18)13-17)21(28)29-14-15-2-1-3-15/h4-5,13,15-16,20H,1-3,6-12,14H2/t16-,20?/m1/s1. The molecule has 1 unspecified atom stereocenters. The van der Waals surface area contributed by atoms with E-state index in [9.17, 15) is 4.79 Å². The third kappa shape index (κ3) is 4.37. The summed E-state index contributed by atoms with van der Waals surface area (Å²) in [6.07, 6.45) is 5.78. The zero-order valence-electron chi connectivity index (χ0n) is 16.5. The number of anilines is 1. The Balaban J connectivity index is 1.29. The van der Waals surface area contributed by atoms with Crippen LogP contribution in [0.15, 0.2) is 18.2 Å². The van der Waals surface area contributed by atoms with Crippen LogP contribution in [0.3, 0.4) is 0 Å². The Hall–Kier alpha value is 0.440. The number of carbonyl (C=O) groups is 1. The first-order chi connectivity index (χ1) is 14.1. The molecule has 0 N–H and O–H groups in total. The molecule has 2 aliphatic carbocycles. The van der Waals surface area contributed by atoms with Gasteiger partial charge in [-0.15, -0.1) is 0 Å². The Morgan fingerprint density at radius 1 is 1.07 bits per heavy atom. The Morgan fingerprint density at radius 3 is 2.55 bits per heavy atom. The molecule has 2 saturated heterocycles. The number of piperidine rings is 1. The summed E-state index contributed by atoms with van der Waals surface area (Å²) in [7, 11) is 0. The van der Waals surface area contributed by atoms with Crippen molar-refractivity contribution in [2.75, 3.05) is 44.2 Å². The van der Waals surface area contributed by atoms with Crippen molar-refractivity contribution in [1.82, 2.24) is 8.01 Å². The van der Waals surface area contributed by atoms with Crippen molar-refractivity contribution >= 4 is 61.2 Å². The number of amides is 1. The Labute approximate surface area is 200 Å². The van der Waals surface area contributed by atoms with Crippen LogP contribution >= 0.6 is 49.4 Å². The van der Waals surface area contributed by atoms with Crippen LogP contribution < -0.4 is 4.90 Å². The van der Waals surface area contributed by atoms with Crippen molar-refractivity contribution in [2.45, 2.75) is 44.1 Å². The monoisotopic (exact) mass is 735 g/mol. The third-order valence-electron chi connectivity index (χ3n) is 7.14. The van der Waals surface area contributed by atoms with Gasteiger partial charge >= 0.3 is 177 Å². The first-order valence-corrected chi connectivity index (χ1v) is 24.2. The zero-order valence-corrected chi connectivity index (χ0v) is 23.0. The molecule has 1 aromatic carbocycles. The van der Waals surface area contributed by atoms with Crippen LogP contribution in [0.4, 0.5) is 10.5 Å². The average Bonchev–Trinajstić information content (AvgIpc) is 2.98. The second-order valence-corrected chi connectivity index (χ2v) is 31.9. The summed E-state index contributed by atoms with van der Waals surface area (Å²) < 4.78 is 8.39. The van der Waals surface area contributed by atoms with Gasteiger partial charge in [0.25, 0.3) is 0 Å². The number of carbonyl (C=O) groups excluding carboxylic acids is 1. The minimum atomic E-state index is -0.914. The van der Waals surface area contributed by atoms with Gasteiger partial charge in [-0.2, -0.15) is 0 Å². The second-order valence-electron chi connectivity index (χ2n) is 8.70. The summed E-state index contributed by atoms with van der Waals surface area (Å²) in [5, 5.41) is 0. The molecule has 3 fully saturated rings. The van der Waals surface area contributed by atoms with E-state index in [-0.39, 0.29) is 12.1 Å². The van der Waals surface area contributed by atoms with Crippen molar-refractivity contribution in [3.05, 3.63) is 29.3 Å². The molecule has 2 heterocycles. The van der Waals surface area contributed by atoms with Gasteiger partial charge < -0.3 is 0 Å². The maximum atomic E-state index is 12.8. The maximum absolute atomic E-state index is 12.8. The SMILES string of the molecule is O=C(OCC1CCC1)N1CC[C@@H]2CC1c1cc(N3CCN(I(I)I)CC3)ccc12. The van der Waals surface area contributed by atoms with Crippen molar-refractivity contribution in [2.24, 2.45) is 5.92 Å². The molecule has 2 atom stereocenters. The molecule has 29 heavy (non-hydrogen) atoms. The van der Waals surface area contributed by atoms with E-state index in [1.54, 1.807) is 0 Å². The van der Waals surface area contributed by atoms with Crippen LogP contribution in [0.2, 0.25) is 0 Å². The van der Waals surface area contributed by atoms with Gasteiger partial charge in [-0.25, -0.2) is 0 Å². The first-order valence-electron chi connectivity index (χ1n) is 10.7. The third-order valence-corrected chi connectivity index (χ3v) is 16.1. The van der Waals surface area contributed by atoms with E-state index in [0.29, 0.717) is 18.4 Å². The van der Waals surface area contributed by atoms with Crippen molar-refractivity contribution in [1.29, 1.82) is 0 Å². The molecule has 2 aliphatic heterocycles. The van der Waals surface area contributed by atoms with Gasteiger partial charge in [-0.05, 0) is 18.8 Å². The van der Waals surface area contributed by atoms with Crippen LogP contribution in [0.5, 0.6) is 0 Å². The molecular formula is C21H28I3N3O2. The molecule has 2 bridgehead atoms. The van der Waals surface area contributed by atoms with Crippen LogP contribution in [-0.2, 0) is 4.74 Å². The van der Waals surface area contributed by atoms with E-state index in [0.717, 1.165) is 32.5 Å². The Bertz CT molecular complexity index is 766. The minimum absolute atomic E-state index is 0.0899. The van der Waals surface area contributed by atoms with E-state index in [1.807, 2.05) is 4.90 Å². The number of likely N-dealkylation sites (tertiary alicyclic amines) is 1. The molecule has 1 amide bonds. The molecule has 160 valence electrons. The number of benzene rings is 1. The van der Waals surface area contributed by atoms with E-state index < -0.39 is 12.1 Å². The molecule has 0 aromatic heterocycles. The predicted octanol–water partition coefficient (Wildman–Crippen LogP) is 6.10. The molecule has 5 rings (SSSR count). The van der Waals surface area contributed by atoms with Crippen LogP contribution in [-0.4, -0.2) is 53.4 Å². The number of fused-ring (bicyclic) bond motifs is 5. The number of hydrogen-bond acceptors (Lipinski definition) is 4. The molecule has 1 saturated carbocycles. The van der Waals surface area contributed by atoms with E-state index in [1.165, 1.54) is 49.2 Å². The van der Waals surface area contributed by atoms with Crippen LogP contribution in [0, 0.1) is 5.92 Å². The van der Waals surface area contributed by atoms with Crippen molar-refractivity contribution in [3.63, 3.8) is 0 Å². The number of piperazine rings is 1. The fourth-order valence-electron chi connectivity index (χ4n) is 5.18. The summed E-state index contributed by atoms with van der Waals surface area (Å²) in [5.41, 5.74) is 4.19. The second kappa shape index (κ2) is 9.13. The normalized spacial score (nSPS) is 27.4. The fraction of sp³-hybridized carbons (Fsp3) is 0.667. The van der Waals surface area contributed by atoms with Gasteiger partial charge in [0.15, 0.2) is 0 Å². The van der Waals surface area contributed by atoms with Gasteiger partial charge in [-0.1, -0.05) is 6.42 Å². The fourth-order valence-corrected chi connectivity index (χ4v) is 11.2. The molecular weight excluding hydrogens is 707 g/mol. The Kier molecular flexibility index (Phi) is 6.70. The topological polar surface area (TPSA) is 36.0 Å². The average molecular weight is 735 g/mol. The number of ether oxygens (including phenoxy) is 1. The Morgan fingerprint density at radius 2 is 1.86 bits per heavy atom. The predicted molar refractivity (Wildman–Crippen MR) is 142 cm³/mol. The summed E-state index contributed by atoms with van der Waals surface area (Å²) in [6, 6.07) is 7.26. The van der Waals surface area contributed by atoms with E-state index >= 15 is 0 Å². The van der Waals surface area contributed by atoms with Gasteiger partial charge in [0.1, 0.15) is 0 Å². The van der Waals surface area contributed by atoms with E-state index in [4.69, 9.17) is 4.74 Å². The van der Waals surface area contributed by atoms with Gasteiger partial charge in [-0.3, -0.25) is 0 Å². The van der Waals surface area contributed by atoms with E-state index in [2.05, 4.69) is 63.4 Å². The summed E-state index contributed by atoms with van der Waals surface area (Å²) >= 11 is 4.39. The summed E-state index contributed by atoms with van der Waals surface area (Å²) in [4.78, 5) is 17.4. The molecule has 5 nitrogen and oxygen atoms in total. The van der Waals surface area contributed by atoms with Crippen molar-refractivity contribution < 1.29 is 9.53 Å². The van der Waals surface area contributed by atoms with Gasteiger partial charge in [0, 0.05) is 0 Å². The summed E-state index contributed by atoms with van der Waals surface area (Å²) in [6.45, 7) is 6.03. The molecule has 0 spiro atoms. The molecule has 0 radical (unpaired) electrons.